The summed E-state index contributed by atoms with van der Waals surface area (Å²) in [7, 11) is -8.80. The Labute approximate surface area is 370 Å². The van der Waals surface area contributed by atoms with Crippen molar-refractivity contribution >= 4 is 66.1 Å². The summed E-state index contributed by atoms with van der Waals surface area (Å²) in [5, 5.41) is 10.4. The number of ether oxygens (including phenoxy) is 1. The molecule has 1 amide bonds. The van der Waals surface area contributed by atoms with Gasteiger partial charge in [0.1, 0.15) is 4.90 Å². The van der Waals surface area contributed by atoms with E-state index < -0.39 is 52.8 Å². The summed E-state index contributed by atoms with van der Waals surface area (Å²) in [5.41, 5.74) is -1.75. The predicted molar refractivity (Wildman–Crippen MR) is 239 cm³/mol. The second-order valence-electron chi connectivity index (χ2n) is 15.0. The van der Waals surface area contributed by atoms with Crippen LogP contribution in [0.2, 0.25) is 5.02 Å². The number of hydrogen-bond donors (Lipinski definition) is 4. The Bertz CT molecular complexity index is 2390. The Morgan fingerprint density at radius 2 is 1.61 bits per heavy atom. The maximum absolute atomic E-state index is 14.1. The second-order valence-corrected chi connectivity index (χ2v) is 20.1. The summed E-state index contributed by atoms with van der Waals surface area (Å²) in [6.45, 7) is 6.69. The summed E-state index contributed by atoms with van der Waals surface area (Å²) in [5.74, 6) is -0.687. The molecule has 0 aliphatic carbocycles. The zero-order valence-electron chi connectivity index (χ0n) is 34.1. The van der Waals surface area contributed by atoms with Crippen molar-refractivity contribution in [3.05, 3.63) is 119 Å². The Balaban J connectivity index is 1.09. The number of hydrogen-bond acceptors (Lipinski definition) is 12. The van der Waals surface area contributed by atoms with Crippen LogP contribution in [0.4, 0.5) is 24.5 Å². The van der Waals surface area contributed by atoms with E-state index in [1.54, 1.807) is 12.1 Å². The lowest BCUT2D eigenvalue weighted by Crippen LogP contribution is -2.39. The monoisotopic (exact) mass is 934 g/mol. The fourth-order valence-corrected chi connectivity index (χ4v) is 10.2. The van der Waals surface area contributed by atoms with E-state index in [1.807, 2.05) is 59.3 Å². The lowest BCUT2D eigenvalue weighted by Gasteiger charge is -2.29. The molecule has 334 valence electrons. The van der Waals surface area contributed by atoms with Crippen LogP contribution in [0.3, 0.4) is 0 Å². The van der Waals surface area contributed by atoms with Gasteiger partial charge in [0.05, 0.1) is 23.8 Å². The van der Waals surface area contributed by atoms with Crippen LogP contribution in [0, 0.1) is 0 Å². The van der Waals surface area contributed by atoms with Gasteiger partial charge in [0.2, 0.25) is 0 Å². The van der Waals surface area contributed by atoms with Gasteiger partial charge in [0.15, 0.2) is 0 Å². The molecule has 4 aromatic carbocycles. The number of anilines is 2. The standard InChI is InChI=1S/C43H50ClF3N6O6S3/c1-52-21-18-39(31-7-11-34(44)12-8-31)33(29-52)28-48-19-20-49-35-13-9-32(10-14-35)42(54)51-62(57,58)38-15-16-40(41(27-38)61(55,56)43(45,46)47)50-36(17-22-53-23-25-59-26-24-53)30-60-37-5-3-2-4-6-37/h2-16,27,36,48-50H,17-26,28-30H2,1H3,(H,51,54)/t36-/m1/s1. The van der Waals surface area contributed by atoms with Crippen molar-refractivity contribution in [3.8, 4) is 0 Å². The molecular formula is C43H50ClF3N6O6S3. The number of benzene rings is 4. The maximum atomic E-state index is 14.1. The second kappa shape index (κ2) is 21.5. The van der Waals surface area contributed by atoms with Crippen LogP contribution in [0.25, 0.3) is 5.57 Å². The quantitative estimate of drug-likeness (QED) is 0.0577. The number of sulfonamides is 1. The van der Waals surface area contributed by atoms with Crippen molar-refractivity contribution in [1.29, 1.82) is 0 Å². The third kappa shape index (κ3) is 13.0. The molecule has 1 atom stereocenters. The normalized spacial score (nSPS) is 16.2. The SMILES string of the molecule is CN1CCC(c2ccc(Cl)cc2)=C(CNCCNc2ccc(C(=O)NS(=O)(=O)c3ccc(N[C@H](CCN4CCOCC4)CSc4ccccc4)c(S(=O)(=O)C(F)(F)F)c3)cc2)C1. The molecule has 0 unspecified atom stereocenters. The van der Waals surface area contributed by atoms with E-state index in [1.165, 1.54) is 35.0 Å². The molecule has 2 aliphatic heterocycles. The molecule has 12 nitrogen and oxygen atoms in total. The highest BCUT2D eigenvalue weighted by Crippen LogP contribution is 2.37. The van der Waals surface area contributed by atoms with Crippen molar-refractivity contribution in [3.63, 3.8) is 0 Å². The average Bonchev–Trinajstić information content (AvgIpc) is 3.25. The Morgan fingerprint density at radius 3 is 2.31 bits per heavy atom. The molecule has 19 heteroatoms. The molecule has 62 heavy (non-hydrogen) atoms. The Hall–Kier alpha value is -4.14. The molecule has 0 aromatic heterocycles. The largest absolute Gasteiger partial charge is 0.501 e. The molecule has 2 heterocycles. The van der Waals surface area contributed by atoms with E-state index in [4.69, 9.17) is 16.3 Å². The van der Waals surface area contributed by atoms with Crippen molar-refractivity contribution in [2.24, 2.45) is 0 Å². The smallest absolute Gasteiger partial charge is 0.384 e. The first-order valence-electron chi connectivity index (χ1n) is 20.1. The zero-order valence-corrected chi connectivity index (χ0v) is 37.3. The van der Waals surface area contributed by atoms with Gasteiger partial charge in [-0.05, 0) is 103 Å². The molecule has 6 rings (SSSR count). The van der Waals surface area contributed by atoms with Crippen molar-refractivity contribution in [2.45, 2.75) is 39.1 Å². The molecule has 0 spiro atoms. The number of carbonyl (C=O) groups is 1. The van der Waals surface area contributed by atoms with Crippen molar-refractivity contribution < 1.29 is 39.5 Å². The summed E-state index contributed by atoms with van der Waals surface area (Å²) in [4.78, 5) is 16.4. The Kier molecular flexibility index (Phi) is 16.4. The summed E-state index contributed by atoms with van der Waals surface area (Å²) >= 11 is 7.54. The molecule has 1 fully saturated rings. The van der Waals surface area contributed by atoms with Crippen LogP contribution < -0.4 is 20.7 Å². The van der Waals surface area contributed by atoms with Crippen LogP contribution in [-0.4, -0.2) is 122 Å². The molecule has 0 bridgehead atoms. The number of nitrogens with zero attached hydrogens (tertiary/aromatic N) is 2. The zero-order chi connectivity index (χ0) is 44.3. The molecule has 1 saturated heterocycles. The molecule has 0 saturated carbocycles. The lowest BCUT2D eigenvalue weighted by molar-refractivity contribution is -0.0435. The maximum Gasteiger partial charge on any atom is 0.501 e. The Morgan fingerprint density at radius 1 is 0.903 bits per heavy atom. The third-order valence-electron chi connectivity index (χ3n) is 10.5. The number of carbonyl (C=O) groups excluding carboxylic acids is 1. The van der Waals surface area contributed by atoms with Crippen LogP contribution >= 0.6 is 23.4 Å². The number of likely N-dealkylation sites (N-methyl/N-ethyl adjacent to an activating group) is 1. The summed E-state index contributed by atoms with van der Waals surface area (Å²) < 4.78 is 102. The minimum absolute atomic E-state index is 0.0409. The number of rotatable bonds is 19. The number of sulfone groups is 1. The van der Waals surface area contributed by atoms with Gasteiger partial charge < -0.3 is 25.6 Å². The highest BCUT2D eigenvalue weighted by Gasteiger charge is 2.48. The van der Waals surface area contributed by atoms with Crippen molar-refractivity contribution in [2.75, 3.05) is 89.0 Å². The van der Waals surface area contributed by atoms with Crippen LogP contribution in [0.5, 0.6) is 0 Å². The number of nitrogens with one attached hydrogen (secondary N) is 4. The van der Waals surface area contributed by atoms with Crippen LogP contribution in [0.1, 0.15) is 28.8 Å². The van der Waals surface area contributed by atoms with Crippen LogP contribution in [0.15, 0.2) is 117 Å². The van der Waals surface area contributed by atoms with E-state index in [2.05, 4.69) is 32.8 Å². The summed E-state index contributed by atoms with van der Waals surface area (Å²) in [6, 6.07) is 25.1. The number of halogens is 4. The van der Waals surface area contributed by atoms with E-state index >= 15 is 0 Å². The number of alkyl halides is 3. The number of thioether (sulfide) groups is 1. The van der Waals surface area contributed by atoms with Crippen LogP contribution in [-0.2, 0) is 24.6 Å². The molecule has 0 radical (unpaired) electrons. The predicted octanol–water partition coefficient (Wildman–Crippen LogP) is 6.84. The molecule has 2 aliphatic rings. The third-order valence-corrected chi connectivity index (χ3v) is 14.8. The van der Waals surface area contributed by atoms with Gasteiger partial charge >= 0.3 is 5.51 Å². The van der Waals surface area contributed by atoms with E-state index in [9.17, 15) is 34.8 Å². The first-order valence-corrected chi connectivity index (χ1v) is 24.4. The van der Waals surface area contributed by atoms with Gasteiger partial charge in [-0.25, -0.2) is 21.6 Å². The van der Waals surface area contributed by atoms with Crippen molar-refractivity contribution in [1.82, 2.24) is 19.8 Å². The van der Waals surface area contributed by atoms with Gasteiger partial charge in [-0.3, -0.25) is 9.69 Å². The number of amides is 1. The van der Waals surface area contributed by atoms with Gasteiger partial charge in [0.25, 0.3) is 25.8 Å². The first-order chi connectivity index (χ1) is 29.6. The molecule has 4 N–H and O–H groups in total. The van der Waals surface area contributed by atoms with Gasteiger partial charge in [0, 0.05) is 85.3 Å². The fraction of sp³-hybridized carbons (Fsp3) is 0.372. The minimum Gasteiger partial charge on any atom is -0.384 e. The van der Waals surface area contributed by atoms with E-state index in [-0.39, 0.29) is 5.56 Å². The minimum atomic E-state index is -6.05. The molecular weight excluding hydrogens is 885 g/mol. The topological polar surface area (TPSA) is 149 Å². The first kappa shape index (κ1) is 47.3. The highest BCUT2D eigenvalue weighted by atomic mass is 35.5. The average molecular weight is 936 g/mol. The van der Waals surface area contributed by atoms with Gasteiger partial charge in [-0.2, -0.15) is 13.2 Å². The molecule has 4 aromatic rings. The highest BCUT2D eigenvalue weighted by molar-refractivity contribution is 7.99. The van der Waals surface area contributed by atoms with Gasteiger partial charge in [-0.15, -0.1) is 11.8 Å². The van der Waals surface area contributed by atoms with E-state index in [0.717, 1.165) is 42.1 Å². The van der Waals surface area contributed by atoms with E-state index in [0.29, 0.717) is 81.4 Å². The number of morpholine rings is 1. The lowest BCUT2D eigenvalue weighted by atomic mass is 9.93. The fourth-order valence-electron chi connectivity index (χ4n) is 7.09. The summed E-state index contributed by atoms with van der Waals surface area (Å²) in [6.07, 6.45) is 1.38. The van der Waals surface area contributed by atoms with Gasteiger partial charge in [-0.1, -0.05) is 41.9 Å².